The summed E-state index contributed by atoms with van der Waals surface area (Å²) in [7, 11) is 0. The largest absolute Gasteiger partial charge is 0.325 e. The lowest BCUT2D eigenvalue weighted by molar-refractivity contribution is -0.116. The summed E-state index contributed by atoms with van der Waals surface area (Å²) < 4.78 is 13.0. The van der Waals surface area contributed by atoms with Crippen molar-refractivity contribution in [2.24, 2.45) is 0 Å². The van der Waals surface area contributed by atoms with Gasteiger partial charge in [0, 0.05) is 17.2 Å². The van der Waals surface area contributed by atoms with Crippen LogP contribution in [0.15, 0.2) is 35.7 Å². The molecule has 2 aromatic rings. The molecule has 1 N–H and O–H groups in total. The Morgan fingerprint density at radius 3 is 2.78 bits per heavy atom. The molecular formula is C14H12FNOS. The van der Waals surface area contributed by atoms with E-state index in [-0.39, 0.29) is 17.6 Å². The number of rotatable bonds is 1. The van der Waals surface area contributed by atoms with Crippen molar-refractivity contribution in [2.45, 2.75) is 18.8 Å². The zero-order valence-electron chi connectivity index (χ0n) is 9.65. The van der Waals surface area contributed by atoms with Gasteiger partial charge in [0.1, 0.15) is 5.82 Å². The Balaban J connectivity index is 2.02. The first kappa shape index (κ1) is 11.4. The highest BCUT2D eigenvalue weighted by Crippen LogP contribution is 2.39. The van der Waals surface area contributed by atoms with Gasteiger partial charge in [-0.05, 0) is 35.6 Å². The second-order valence-electron chi connectivity index (χ2n) is 4.39. The van der Waals surface area contributed by atoms with Crippen LogP contribution < -0.4 is 5.32 Å². The molecule has 4 heteroatoms. The van der Waals surface area contributed by atoms with Crippen molar-refractivity contribution >= 4 is 22.9 Å². The van der Waals surface area contributed by atoms with Crippen molar-refractivity contribution < 1.29 is 9.18 Å². The second kappa shape index (κ2) is 4.53. The van der Waals surface area contributed by atoms with E-state index in [1.807, 2.05) is 11.4 Å². The molecule has 0 spiro atoms. The van der Waals surface area contributed by atoms with Crippen molar-refractivity contribution in [2.75, 3.05) is 5.32 Å². The number of thiophene rings is 1. The number of benzene rings is 1. The number of carbonyl (C=O) groups excluding carboxylic acids is 1. The van der Waals surface area contributed by atoms with E-state index in [0.717, 1.165) is 22.5 Å². The highest BCUT2D eigenvalue weighted by molar-refractivity contribution is 7.10. The Morgan fingerprint density at radius 2 is 2.00 bits per heavy atom. The summed E-state index contributed by atoms with van der Waals surface area (Å²) in [6, 6.07) is 8.49. The maximum absolute atomic E-state index is 13.0. The molecule has 0 aliphatic carbocycles. The molecule has 1 atom stereocenters. The fraction of sp³-hybridized carbons (Fsp3) is 0.214. The van der Waals surface area contributed by atoms with E-state index in [2.05, 4.69) is 5.32 Å². The third-order valence-electron chi connectivity index (χ3n) is 3.22. The number of halogens is 1. The fourth-order valence-corrected chi connectivity index (χ4v) is 3.34. The SMILES string of the molecule is O=C1CCC(c2ccc(F)cc2)c2sccc2N1. The van der Waals surface area contributed by atoms with Crippen LogP contribution in [0.25, 0.3) is 0 Å². The third kappa shape index (κ3) is 2.04. The van der Waals surface area contributed by atoms with Crippen LogP contribution in [-0.2, 0) is 4.79 Å². The quantitative estimate of drug-likeness (QED) is 0.832. The number of amides is 1. The molecule has 0 saturated heterocycles. The average Bonchev–Trinajstić information content (AvgIpc) is 2.74. The minimum atomic E-state index is -0.229. The normalized spacial score (nSPS) is 18.9. The van der Waals surface area contributed by atoms with Gasteiger partial charge in [0.15, 0.2) is 0 Å². The summed E-state index contributed by atoms with van der Waals surface area (Å²) in [5.74, 6) is 0.00629. The van der Waals surface area contributed by atoms with Gasteiger partial charge in [0.2, 0.25) is 5.91 Å². The molecule has 92 valence electrons. The number of nitrogens with one attached hydrogen (secondary N) is 1. The molecular weight excluding hydrogens is 249 g/mol. The predicted molar refractivity (Wildman–Crippen MR) is 70.4 cm³/mol. The molecule has 0 bridgehead atoms. The number of anilines is 1. The molecule has 1 aliphatic heterocycles. The van der Waals surface area contributed by atoms with E-state index in [1.165, 1.54) is 12.1 Å². The molecule has 0 fully saturated rings. The Labute approximate surface area is 108 Å². The first-order chi connectivity index (χ1) is 8.74. The lowest BCUT2D eigenvalue weighted by atomic mass is 9.93. The smallest absolute Gasteiger partial charge is 0.224 e. The Morgan fingerprint density at radius 1 is 1.22 bits per heavy atom. The van der Waals surface area contributed by atoms with Gasteiger partial charge in [-0.3, -0.25) is 4.79 Å². The summed E-state index contributed by atoms with van der Waals surface area (Å²) in [5, 5.41) is 4.89. The standard InChI is InChI=1S/C14H12FNOS/c15-10-3-1-9(2-4-10)11-5-6-13(17)16-12-7-8-18-14(11)12/h1-4,7-8,11H,5-6H2,(H,16,17). The summed E-state index contributed by atoms with van der Waals surface area (Å²) in [6.07, 6.45) is 1.27. The van der Waals surface area contributed by atoms with E-state index < -0.39 is 0 Å². The minimum absolute atomic E-state index is 0.0549. The van der Waals surface area contributed by atoms with E-state index in [9.17, 15) is 9.18 Å². The Hall–Kier alpha value is -1.68. The average molecular weight is 261 g/mol. The number of carbonyl (C=O) groups is 1. The number of hydrogen-bond donors (Lipinski definition) is 1. The van der Waals surface area contributed by atoms with E-state index in [0.29, 0.717) is 6.42 Å². The lowest BCUT2D eigenvalue weighted by Crippen LogP contribution is -2.08. The highest BCUT2D eigenvalue weighted by Gasteiger charge is 2.24. The van der Waals surface area contributed by atoms with Crippen LogP contribution in [0.4, 0.5) is 10.1 Å². The van der Waals surface area contributed by atoms with Crippen molar-refractivity contribution in [1.29, 1.82) is 0 Å². The molecule has 3 rings (SSSR count). The van der Waals surface area contributed by atoms with Crippen molar-refractivity contribution in [3.63, 3.8) is 0 Å². The van der Waals surface area contributed by atoms with Crippen LogP contribution in [0, 0.1) is 5.82 Å². The van der Waals surface area contributed by atoms with Crippen molar-refractivity contribution in [1.82, 2.24) is 0 Å². The summed E-state index contributed by atoms with van der Waals surface area (Å²) in [4.78, 5) is 12.8. The molecule has 1 unspecified atom stereocenters. The zero-order valence-corrected chi connectivity index (χ0v) is 10.5. The summed E-state index contributed by atoms with van der Waals surface area (Å²) >= 11 is 1.64. The van der Waals surface area contributed by atoms with Crippen LogP contribution in [0.2, 0.25) is 0 Å². The molecule has 0 radical (unpaired) electrons. The van der Waals surface area contributed by atoms with Crippen LogP contribution >= 0.6 is 11.3 Å². The highest BCUT2D eigenvalue weighted by atomic mass is 32.1. The topological polar surface area (TPSA) is 29.1 Å². The summed E-state index contributed by atoms with van der Waals surface area (Å²) in [6.45, 7) is 0. The maximum atomic E-state index is 13.0. The van der Waals surface area contributed by atoms with Gasteiger partial charge in [0.25, 0.3) is 0 Å². The second-order valence-corrected chi connectivity index (χ2v) is 5.34. The van der Waals surface area contributed by atoms with Gasteiger partial charge in [-0.15, -0.1) is 11.3 Å². The minimum Gasteiger partial charge on any atom is -0.325 e. The van der Waals surface area contributed by atoms with Gasteiger partial charge in [-0.2, -0.15) is 0 Å². The molecule has 18 heavy (non-hydrogen) atoms. The lowest BCUT2D eigenvalue weighted by Gasteiger charge is -2.14. The monoisotopic (exact) mass is 261 g/mol. The first-order valence-electron chi connectivity index (χ1n) is 5.87. The maximum Gasteiger partial charge on any atom is 0.224 e. The summed E-state index contributed by atoms with van der Waals surface area (Å²) in [5.41, 5.74) is 1.97. The van der Waals surface area contributed by atoms with Crippen LogP contribution in [0.1, 0.15) is 29.2 Å². The molecule has 1 aliphatic rings. The third-order valence-corrected chi connectivity index (χ3v) is 4.25. The zero-order chi connectivity index (χ0) is 12.5. The predicted octanol–water partition coefficient (Wildman–Crippen LogP) is 3.75. The molecule has 2 nitrogen and oxygen atoms in total. The van der Waals surface area contributed by atoms with Crippen molar-refractivity contribution in [3.8, 4) is 0 Å². The van der Waals surface area contributed by atoms with Crippen LogP contribution in [-0.4, -0.2) is 5.91 Å². The van der Waals surface area contributed by atoms with E-state index in [1.54, 1.807) is 23.5 Å². The van der Waals surface area contributed by atoms with Crippen LogP contribution in [0.3, 0.4) is 0 Å². The number of fused-ring (bicyclic) bond motifs is 1. The van der Waals surface area contributed by atoms with Gasteiger partial charge >= 0.3 is 0 Å². The van der Waals surface area contributed by atoms with E-state index in [4.69, 9.17) is 0 Å². The molecule has 1 aromatic heterocycles. The Kier molecular flexibility index (Phi) is 2.88. The molecule has 1 aromatic carbocycles. The number of hydrogen-bond acceptors (Lipinski definition) is 2. The van der Waals surface area contributed by atoms with Gasteiger partial charge in [0.05, 0.1) is 5.69 Å². The Bertz CT molecular complexity index is 576. The fourth-order valence-electron chi connectivity index (χ4n) is 2.33. The molecule has 2 heterocycles. The van der Waals surface area contributed by atoms with E-state index >= 15 is 0 Å². The van der Waals surface area contributed by atoms with Gasteiger partial charge in [-0.1, -0.05) is 12.1 Å². The van der Waals surface area contributed by atoms with Crippen LogP contribution in [0.5, 0.6) is 0 Å². The first-order valence-corrected chi connectivity index (χ1v) is 6.75. The van der Waals surface area contributed by atoms with Crippen molar-refractivity contribution in [3.05, 3.63) is 52.0 Å². The van der Waals surface area contributed by atoms with Gasteiger partial charge < -0.3 is 5.32 Å². The molecule has 1 amide bonds. The molecule has 0 saturated carbocycles. The van der Waals surface area contributed by atoms with Gasteiger partial charge in [-0.25, -0.2) is 4.39 Å².